The third-order valence-corrected chi connectivity index (χ3v) is 3.48. The van der Waals surface area contributed by atoms with Crippen LogP contribution in [0.5, 0.6) is 5.75 Å². The van der Waals surface area contributed by atoms with Gasteiger partial charge in [0, 0.05) is 13.1 Å². The first kappa shape index (κ1) is 15.6. The number of aromatic nitrogens is 2. The van der Waals surface area contributed by atoms with Gasteiger partial charge in [-0.15, -0.1) is 0 Å². The molecule has 0 bridgehead atoms. The highest BCUT2D eigenvalue weighted by molar-refractivity contribution is 5.55. The monoisotopic (exact) mass is 318 g/mol. The summed E-state index contributed by atoms with van der Waals surface area (Å²) in [5.74, 6) is 0.528. The van der Waals surface area contributed by atoms with E-state index in [-0.39, 0.29) is 11.9 Å². The van der Waals surface area contributed by atoms with Crippen molar-refractivity contribution in [2.24, 2.45) is 0 Å². The minimum atomic E-state index is -0.367. The molecular weight excluding hydrogens is 299 g/mol. The van der Waals surface area contributed by atoms with E-state index in [9.17, 15) is 4.39 Å². The highest BCUT2D eigenvalue weighted by Crippen LogP contribution is 2.25. The largest absolute Gasteiger partial charge is 0.491 e. The Balaban J connectivity index is 1.70. The Morgan fingerprint density at radius 1 is 1.39 bits per heavy atom. The van der Waals surface area contributed by atoms with Gasteiger partial charge in [0.2, 0.25) is 5.95 Å². The Labute approximate surface area is 134 Å². The number of nitrogens with zero attached hydrogens (tertiary/aromatic N) is 2. The van der Waals surface area contributed by atoms with E-state index < -0.39 is 0 Å². The molecule has 2 heterocycles. The molecule has 0 radical (unpaired) electrons. The van der Waals surface area contributed by atoms with Crippen molar-refractivity contribution in [1.29, 1.82) is 0 Å². The van der Waals surface area contributed by atoms with Crippen LogP contribution in [0.3, 0.4) is 0 Å². The third kappa shape index (κ3) is 3.94. The molecule has 1 atom stereocenters. The summed E-state index contributed by atoms with van der Waals surface area (Å²) in [6.07, 6.45) is 2.98. The average Bonchev–Trinajstić information content (AvgIpc) is 2.59. The van der Waals surface area contributed by atoms with Crippen LogP contribution in [-0.2, 0) is 4.74 Å². The Morgan fingerprint density at radius 3 is 2.87 bits per heavy atom. The molecule has 1 saturated heterocycles. The topological polar surface area (TPSA) is 68.3 Å². The van der Waals surface area contributed by atoms with Crippen LogP contribution >= 0.6 is 0 Å². The van der Waals surface area contributed by atoms with Crippen LogP contribution in [0.25, 0.3) is 0 Å². The van der Waals surface area contributed by atoms with Gasteiger partial charge in [-0.1, -0.05) is 6.07 Å². The van der Waals surface area contributed by atoms with Crippen LogP contribution in [-0.4, -0.2) is 36.3 Å². The van der Waals surface area contributed by atoms with Crippen molar-refractivity contribution in [3.05, 3.63) is 42.0 Å². The van der Waals surface area contributed by atoms with Crippen molar-refractivity contribution in [3.63, 3.8) is 0 Å². The molecule has 7 heteroatoms. The summed E-state index contributed by atoms with van der Waals surface area (Å²) < 4.78 is 25.2. The van der Waals surface area contributed by atoms with E-state index in [0.29, 0.717) is 37.1 Å². The lowest BCUT2D eigenvalue weighted by molar-refractivity contribution is 0.0275. The standard InChI is InChI=1S/C16H19FN4O2/c1-2-22-12-8-19-16(20-9-12)21-14-4-3-11(7-13(14)17)15-10-18-5-6-23-15/h3-4,7-9,15,18H,2,5-6,10H2,1H3,(H,19,20,21). The molecule has 0 spiro atoms. The summed E-state index contributed by atoms with van der Waals surface area (Å²) in [5.41, 5.74) is 1.13. The third-order valence-electron chi connectivity index (χ3n) is 3.48. The Morgan fingerprint density at radius 2 is 2.22 bits per heavy atom. The Bertz CT molecular complexity index is 645. The fourth-order valence-electron chi connectivity index (χ4n) is 2.35. The molecule has 1 aliphatic heterocycles. The van der Waals surface area contributed by atoms with Gasteiger partial charge >= 0.3 is 0 Å². The van der Waals surface area contributed by atoms with E-state index in [2.05, 4.69) is 20.6 Å². The number of anilines is 2. The van der Waals surface area contributed by atoms with Crippen molar-refractivity contribution in [2.45, 2.75) is 13.0 Å². The maximum atomic E-state index is 14.3. The number of halogens is 1. The number of morpholine rings is 1. The molecule has 1 aromatic heterocycles. The fourth-order valence-corrected chi connectivity index (χ4v) is 2.35. The zero-order chi connectivity index (χ0) is 16.1. The van der Waals surface area contributed by atoms with Gasteiger partial charge in [-0.05, 0) is 24.6 Å². The normalized spacial score (nSPS) is 17.7. The lowest BCUT2D eigenvalue weighted by Gasteiger charge is -2.24. The molecule has 0 aliphatic carbocycles. The van der Waals surface area contributed by atoms with Gasteiger partial charge in [0.1, 0.15) is 5.82 Å². The molecule has 23 heavy (non-hydrogen) atoms. The van der Waals surface area contributed by atoms with E-state index in [4.69, 9.17) is 9.47 Å². The zero-order valence-electron chi connectivity index (χ0n) is 12.9. The molecule has 3 rings (SSSR count). The molecule has 0 amide bonds. The van der Waals surface area contributed by atoms with Crippen molar-refractivity contribution in [2.75, 3.05) is 31.6 Å². The summed E-state index contributed by atoms with van der Waals surface area (Å²) >= 11 is 0. The molecule has 1 unspecified atom stereocenters. The number of hydrogen-bond donors (Lipinski definition) is 2. The van der Waals surface area contributed by atoms with Gasteiger partial charge < -0.3 is 20.1 Å². The van der Waals surface area contributed by atoms with Gasteiger partial charge in [0.05, 0.1) is 37.4 Å². The number of ether oxygens (including phenoxy) is 2. The Kier molecular flexibility index (Phi) is 4.99. The fraction of sp³-hybridized carbons (Fsp3) is 0.375. The first-order valence-electron chi connectivity index (χ1n) is 7.60. The van der Waals surface area contributed by atoms with E-state index in [1.54, 1.807) is 18.5 Å². The van der Waals surface area contributed by atoms with Crippen LogP contribution in [0.4, 0.5) is 16.0 Å². The molecule has 2 aromatic rings. The van der Waals surface area contributed by atoms with Gasteiger partial charge in [0.15, 0.2) is 5.75 Å². The summed E-state index contributed by atoms with van der Waals surface area (Å²) in [7, 11) is 0. The minimum Gasteiger partial charge on any atom is -0.491 e. The second-order valence-electron chi connectivity index (χ2n) is 5.10. The number of rotatable bonds is 5. The number of nitrogens with one attached hydrogen (secondary N) is 2. The van der Waals surface area contributed by atoms with Gasteiger partial charge in [-0.2, -0.15) is 0 Å². The first-order valence-corrected chi connectivity index (χ1v) is 7.60. The second-order valence-corrected chi connectivity index (χ2v) is 5.10. The number of benzene rings is 1. The Hall–Kier alpha value is -2.25. The molecule has 122 valence electrons. The molecule has 1 aromatic carbocycles. The maximum absolute atomic E-state index is 14.3. The van der Waals surface area contributed by atoms with E-state index in [0.717, 1.165) is 12.1 Å². The van der Waals surface area contributed by atoms with E-state index in [1.165, 1.54) is 6.07 Å². The van der Waals surface area contributed by atoms with Crippen LogP contribution in [0.2, 0.25) is 0 Å². The smallest absolute Gasteiger partial charge is 0.227 e. The van der Waals surface area contributed by atoms with Crippen LogP contribution in [0.15, 0.2) is 30.6 Å². The van der Waals surface area contributed by atoms with Crippen LogP contribution in [0.1, 0.15) is 18.6 Å². The van der Waals surface area contributed by atoms with Crippen molar-refractivity contribution >= 4 is 11.6 Å². The lowest BCUT2D eigenvalue weighted by atomic mass is 10.1. The highest BCUT2D eigenvalue weighted by Gasteiger charge is 2.17. The lowest BCUT2D eigenvalue weighted by Crippen LogP contribution is -2.33. The summed E-state index contributed by atoms with van der Waals surface area (Å²) in [6, 6.07) is 4.99. The highest BCUT2D eigenvalue weighted by atomic mass is 19.1. The summed E-state index contributed by atoms with van der Waals surface area (Å²) in [6.45, 7) is 4.58. The molecule has 1 fully saturated rings. The maximum Gasteiger partial charge on any atom is 0.227 e. The molecule has 1 aliphatic rings. The van der Waals surface area contributed by atoms with Gasteiger partial charge in [0.25, 0.3) is 0 Å². The van der Waals surface area contributed by atoms with Crippen LogP contribution in [0, 0.1) is 5.82 Å². The van der Waals surface area contributed by atoms with Crippen molar-refractivity contribution < 1.29 is 13.9 Å². The quantitative estimate of drug-likeness (QED) is 0.882. The van der Waals surface area contributed by atoms with Gasteiger partial charge in [-0.3, -0.25) is 0 Å². The predicted octanol–water partition coefficient (Wildman–Crippen LogP) is 2.42. The second kappa shape index (κ2) is 7.34. The summed E-state index contributed by atoms with van der Waals surface area (Å²) in [4.78, 5) is 8.19. The minimum absolute atomic E-state index is 0.117. The first-order chi connectivity index (χ1) is 11.3. The van der Waals surface area contributed by atoms with E-state index in [1.807, 2.05) is 13.0 Å². The summed E-state index contributed by atoms with van der Waals surface area (Å²) in [5, 5.41) is 6.09. The molecule has 0 saturated carbocycles. The number of hydrogen-bond acceptors (Lipinski definition) is 6. The molecule has 2 N–H and O–H groups in total. The van der Waals surface area contributed by atoms with Crippen LogP contribution < -0.4 is 15.4 Å². The molecule has 6 nitrogen and oxygen atoms in total. The average molecular weight is 318 g/mol. The van der Waals surface area contributed by atoms with E-state index >= 15 is 0 Å². The van der Waals surface area contributed by atoms with Crippen molar-refractivity contribution in [1.82, 2.24) is 15.3 Å². The van der Waals surface area contributed by atoms with Crippen molar-refractivity contribution in [3.8, 4) is 5.75 Å². The predicted molar refractivity (Wildman–Crippen MR) is 84.4 cm³/mol. The SMILES string of the molecule is CCOc1cnc(Nc2ccc(C3CNCCO3)cc2F)nc1. The zero-order valence-corrected chi connectivity index (χ0v) is 12.9. The molecular formula is C16H19FN4O2. The van der Waals surface area contributed by atoms with Gasteiger partial charge in [-0.25, -0.2) is 14.4 Å².